The fourth-order valence-electron chi connectivity index (χ4n) is 3.97. The number of aromatic nitrogens is 2. The van der Waals surface area contributed by atoms with Gasteiger partial charge in [0, 0.05) is 22.2 Å². The molecule has 1 unspecified atom stereocenters. The summed E-state index contributed by atoms with van der Waals surface area (Å²) in [6.45, 7) is 2.21. The van der Waals surface area contributed by atoms with E-state index in [1.165, 1.54) is 6.33 Å². The Morgan fingerprint density at radius 1 is 1.13 bits per heavy atom. The van der Waals surface area contributed by atoms with Crippen molar-refractivity contribution in [3.63, 3.8) is 0 Å². The average molecular weight is 446 g/mol. The maximum Gasteiger partial charge on any atom is 0.164 e. The molecule has 2 fully saturated rings. The zero-order valence-electron chi connectivity index (χ0n) is 17.0. The molecule has 1 aromatic heterocycles. The topological polar surface area (TPSA) is 74.7 Å². The first-order valence-corrected chi connectivity index (χ1v) is 10.3. The summed E-state index contributed by atoms with van der Waals surface area (Å²) < 4.78 is 36.6. The minimum absolute atomic E-state index is 0.0230. The molecule has 0 saturated carbocycles. The Bertz CT molecular complexity index is 1130. The lowest BCUT2D eigenvalue weighted by atomic mass is 10.1. The van der Waals surface area contributed by atoms with Crippen LogP contribution in [0.1, 0.15) is 5.56 Å². The number of nitrogens with one attached hydrogen (secondary N) is 1. The Morgan fingerprint density at radius 2 is 1.97 bits per heavy atom. The first kappa shape index (κ1) is 20.2. The summed E-state index contributed by atoms with van der Waals surface area (Å²) in [6, 6.07) is 9.23. The molecule has 2 aliphatic rings. The van der Waals surface area contributed by atoms with Crippen LogP contribution >= 0.6 is 11.6 Å². The maximum atomic E-state index is 13.9. The van der Waals surface area contributed by atoms with Crippen LogP contribution in [0.25, 0.3) is 10.9 Å². The quantitative estimate of drug-likeness (QED) is 0.630. The number of benzene rings is 2. The van der Waals surface area contributed by atoms with Gasteiger partial charge in [-0.15, -0.1) is 0 Å². The van der Waals surface area contributed by atoms with Crippen molar-refractivity contribution in [3.8, 4) is 11.5 Å². The highest BCUT2D eigenvalue weighted by molar-refractivity contribution is 6.31. The van der Waals surface area contributed by atoms with E-state index in [0.717, 1.165) is 16.6 Å². The van der Waals surface area contributed by atoms with Gasteiger partial charge >= 0.3 is 0 Å². The summed E-state index contributed by atoms with van der Waals surface area (Å²) >= 11 is 6.24. The van der Waals surface area contributed by atoms with Crippen molar-refractivity contribution < 1.29 is 23.3 Å². The summed E-state index contributed by atoms with van der Waals surface area (Å²) in [5, 5.41) is 4.74. The number of nitrogens with zero attached hydrogens (tertiary/aromatic N) is 2. The summed E-state index contributed by atoms with van der Waals surface area (Å²) in [4.78, 5) is 8.77. The second kappa shape index (κ2) is 8.11. The molecule has 31 heavy (non-hydrogen) atoms. The average Bonchev–Trinajstić information content (AvgIpc) is 3.34. The summed E-state index contributed by atoms with van der Waals surface area (Å²) in [6.07, 6.45) is -1.11. The van der Waals surface area contributed by atoms with Crippen LogP contribution in [-0.4, -0.2) is 54.8 Å². The summed E-state index contributed by atoms with van der Waals surface area (Å²) in [5.41, 5.74) is 2.43. The molecule has 0 amide bonds. The van der Waals surface area contributed by atoms with E-state index in [2.05, 4.69) is 15.3 Å². The minimum Gasteiger partial charge on any atom is -0.493 e. The normalized spacial score (nSPS) is 24.9. The molecule has 0 radical (unpaired) electrons. The third-order valence-electron chi connectivity index (χ3n) is 5.67. The molecule has 1 N–H and O–H groups in total. The zero-order valence-corrected chi connectivity index (χ0v) is 17.7. The monoisotopic (exact) mass is 445 g/mol. The molecule has 2 aliphatic heterocycles. The van der Waals surface area contributed by atoms with Gasteiger partial charge in [-0.05, 0) is 30.7 Å². The van der Waals surface area contributed by atoms with Crippen LogP contribution in [0.3, 0.4) is 0 Å². The Morgan fingerprint density at radius 3 is 2.81 bits per heavy atom. The van der Waals surface area contributed by atoms with Gasteiger partial charge in [-0.1, -0.05) is 17.7 Å². The van der Waals surface area contributed by atoms with Gasteiger partial charge in [0.1, 0.15) is 24.4 Å². The first-order valence-electron chi connectivity index (χ1n) is 9.94. The number of hydrogen-bond acceptors (Lipinski definition) is 7. The van der Waals surface area contributed by atoms with Crippen LogP contribution < -0.4 is 14.8 Å². The van der Waals surface area contributed by atoms with E-state index < -0.39 is 24.5 Å². The first-order chi connectivity index (χ1) is 15.0. The standard InChI is InChI=1S/C22H21ClFN3O4/c1-11-13(23)4-3-5-15(11)27-22-12-6-17(28-2)18(7-16(12)25-10-26-22)31-19-9-30-20-14(24)8-29-21(19)20/h3-7,10,14,19-21H,8-9H2,1-2H3,(H,25,26,27)/t14-,19-,20+,21?/m1/s1. The Kier molecular flexibility index (Phi) is 5.29. The molecule has 0 bridgehead atoms. The van der Waals surface area contributed by atoms with Crippen molar-refractivity contribution in [2.75, 3.05) is 25.6 Å². The molecule has 5 rings (SSSR count). The van der Waals surface area contributed by atoms with Crippen molar-refractivity contribution in [2.45, 2.75) is 31.4 Å². The number of anilines is 2. The molecule has 4 atom stereocenters. The second-order valence-corrected chi connectivity index (χ2v) is 7.96. The van der Waals surface area contributed by atoms with Gasteiger partial charge in [-0.25, -0.2) is 14.4 Å². The van der Waals surface area contributed by atoms with E-state index in [9.17, 15) is 4.39 Å². The zero-order chi connectivity index (χ0) is 21.5. The van der Waals surface area contributed by atoms with Crippen LogP contribution in [-0.2, 0) is 9.47 Å². The van der Waals surface area contributed by atoms with Gasteiger partial charge in [0.25, 0.3) is 0 Å². The molecule has 2 saturated heterocycles. The summed E-state index contributed by atoms with van der Waals surface area (Å²) in [7, 11) is 1.56. The van der Waals surface area contributed by atoms with Crippen molar-refractivity contribution >= 4 is 34.0 Å². The molecule has 0 spiro atoms. The lowest BCUT2D eigenvalue weighted by Crippen LogP contribution is -2.33. The van der Waals surface area contributed by atoms with Crippen LogP contribution in [0, 0.1) is 6.92 Å². The molecule has 0 aliphatic carbocycles. The number of alkyl halides is 1. The highest BCUT2D eigenvalue weighted by atomic mass is 35.5. The third kappa shape index (κ3) is 3.64. The van der Waals surface area contributed by atoms with E-state index in [-0.39, 0.29) is 13.2 Å². The van der Waals surface area contributed by atoms with Crippen molar-refractivity contribution in [2.24, 2.45) is 0 Å². The molecule has 9 heteroatoms. The number of fused-ring (bicyclic) bond motifs is 2. The molecular formula is C22H21ClFN3O4. The predicted molar refractivity (Wildman–Crippen MR) is 114 cm³/mol. The van der Waals surface area contributed by atoms with Crippen LogP contribution in [0.15, 0.2) is 36.7 Å². The van der Waals surface area contributed by atoms with Crippen LogP contribution in [0.2, 0.25) is 5.02 Å². The fraction of sp³-hybridized carbons (Fsp3) is 0.364. The Hall–Kier alpha value is -2.68. The van der Waals surface area contributed by atoms with E-state index in [0.29, 0.717) is 27.9 Å². The SMILES string of the molecule is COc1cc2c(Nc3cccc(Cl)c3C)ncnc2cc1O[C@@H]1CO[C@@H]2C1OC[C@H]2F. The van der Waals surface area contributed by atoms with Gasteiger partial charge in [-0.3, -0.25) is 0 Å². The molecule has 162 valence electrons. The Labute approximate surface area is 183 Å². The highest BCUT2D eigenvalue weighted by Crippen LogP contribution is 2.38. The lowest BCUT2D eigenvalue weighted by molar-refractivity contribution is 0.0271. The maximum absolute atomic E-state index is 13.9. The minimum atomic E-state index is -1.13. The number of halogens is 2. The third-order valence-corrected chi connectivity index (χ3v) is 6.08. The summed E-state index contributed by atoms with van der Waals surface area (Å²) in [5.74, 6) is 1.61. The van der Waals surface area contributed by atoms with Gasteiger partial charge in [0.05, 0.1) is 25.8 Å². The van der Waals surface area contributed by atoms with E-state index in [4.69, 9.17) is 30.5 Å². The van der Waals surface area contributed by atoms with Crippen molar-refractivity contribution in [1.82, 2.24) is 9.97 Å². The molecular weight excluding hydrogens is 425 g/mol. The fourth-order valence-corrected chi connectivity index (χ4v) is 4.14. The van der Waals surface area contributed by atoms with Crippen molar-refractivity contribution in [1.29, 1.82) is 0 Å². The molecule has 3 heterocycles. The molecule has 2 aromatic carbocycles. The van der Waals surface area contributed by atoms with Gasteiger partial charge in [0.15, 0.2) is 23.8 Å². The van der Waals surface area contributed by atoms with Crippen molar-refractivity contribution in [3.05, 3.63) is 47.2 Å². The lowest BCUT2D eigenvalue weighted by Gasteiger charge is -2.20. The van der Waals surface area contributed by atoms with E-state index in [1.807, 2.05) is 31.2 Å². The molecule has 7 nitrogen and oxygen atoms in total. The van der Waals surface area contributed by atoms with Gasteiger partial charge < -0.3 is 24.3 Å². The Balaban J connectivity index is 1.47. The van der Waals surface area contributed by atoms with Crippen LogP contribution in [0.4, 0.5) is 15.9 Å². The number of rotatable bonds is 5. The molecule has 3 aromatic rings. The number of ether oxygens (including phenoxy) is 4. The van der Waals surface area contributed by atoms with Gasteiger partial charge in [-0.2, -0.15) is 0 Å². The van der Waals surface area contributed by atoms with E-state index >= 15 is 0 Å². The predicted octanol–water partition coefficient (Wildman–Crippen LogP) is 4.23. The largest absolute Gasteiger partial charge is 0.493 e. The highest BCUT2D eigenvalue weighted by Gasteiger charge is 2.49. The second-order valence-electron chi connectivity index (χ2n) is 7.55. The van der Waals surface area contributed by atoms with Gasteiger partial charge in [0.2, 0.25) is 0 Å². The number of methoxy groups -OCH3 is 1. The van der Waals surface area contributed by atoms with Crippen LogP contribution in [0.5, 0.6) is 11.5 Å². The van der Waals surface area contributed by atoms with E-state index in [1.54, 1.807) is 13.2 Å². The smallest absolute Gasteiger partial charge is 0.164 e. The number of hydrogen-bond donors (Lipinski definition) is 1.